The minimum absolute atomic E-state index is 0.137. The second kappa shape index (κ2) is 3.57. The van der Waals surface area contributed by atoms with E-state index in [0.29, 0.717) is 6.42 Å². The summed E-state index contributed by atoms with van der Waals surface area (Å²) >= 11 is 0. The largest absolute Gasteiger partial charge is 0.260 e. The normalized spacial score (nSPS) is 10.9. The number of pyridine rings is 1. The van der Waals surface area contributed by atoms with Crippen LogP contribution in [0.2, 0.25) is 0 Å². The second-order valence-electron chi connectivity index (χ2n) is 4.12. The first kappa shape index (κ1) is 9.73. The molecule has 0 saturated carbocycles. The van der Waals surface area contributed by atoms with Crippen LogP contribution in [0.4, 0.5) is 0 Å². The Morgan fingerprint density at radius 3 is 2.46 bits per heavy atom. The van der Waals surface area contributed by atoms with Crippen molar-refractivity contribution < 1.29 is 0 Å². The first-order valence-electron chi connectivity index (χ1n) is 4.36. The van der Waals surface area contributed by atoms with Crippen molar-refractivity contribution in [1.29, 1.82) is 5.26 Å². The maximum atomic E-state index is 8.46. The molecule has 0 amide bonds. The highest BCUT2D eigenvalue weighted by Crippen LogP contribution is 2.20. The van der Waals surface area contributed by atoms with E-state index in [1.807, 2.05) is 18.3 Å². The second-order valence-corrected chi connectivity index (χ2v) is 4.12. The van der Waals surface area contributed by atoms with Crippen LogP contribution in [0, 0.1) is 11.3 Å². The van der Waals surface area contributed by atoms with E-state index in [1.54, 1.807) is 0 Å². The molecule has 1 aromatic heterocycles. The van der Waals surface area contributed by atoms with Crippen molar-refractivity contribution in [3.63, 3.8) is 0 Å². The number of aromatic nitrogens is 1. The number of hydrogen-bond acceptors (Lipinski definition) is 2. The Labute approximate surface area is 79.2 Å². The van der Waals surface area contributed by atoms with Crippen LogP contribution < -0.4 is 0 Å². The van der Waals surface area contributed by atoms with Gasteiger partial charge in [0.15, 0.2) is 0 Å². The van der Waals surface area contributed by atoms with Crippen molar-refractivity contribution >= 4 is 0 Å². The zero-order valence-electron chi connectivity index (χ0n) is 8.33. The molecular formula is C11H14N2. The van der Waals surface area contributed by atoms with Gasteiger partial charge in [0.25, 0.3) is 0 Å². The Kier molecular flexibility index (Phi) is 2.67. The lowest BCUT2D eigenvalue weighted by Crippen LogP contribution is -2.11. The molecule has 0 aliphatic carbocycles. The molecule has 0 fully saturated rings. The van der Waals surface area contributed by atoms with E-state index in [9.17, 15) is 0 Å². The lowest BCUT2D eigenvalue weighted by Gasteiger charge is -2.18. The van der Waals surface area contributed by atoms with Crippen molar-refractivity contribution in [3.8, 4) is 6.07 Å². The van der Waals surface area contributed by atoms with Crippen molar-refractivity contribution in [3.05, 3.63) is 29.6 Å². The highest BCUT2D eigenvalue weighted by atomic mass is 14.7. The third-order valence-electron chi connectivity index (χ3n) is 1.95. The molecule has 0 aliphatic rings. The maximum Gasteiger partial charge on any atom is 0.0774 e. The number of nitriles is 1. The van der Waals surface area contributed by atoms with Crippen molar-refractivity contribution in [2.75, 3.05) is 0 Å². The molecular weight excluding hydrogens is 160 g/mol. The smallest absolute Gasteiger partial charge is 0.0774 e. The van der Waals surface area contributed by atoms with Gasteiger partial charge in [-0.25, -0.2) is 0 Å². The number of rotatable bonds is 1. The minimum atomic E-state index is 0.137. The van der Waals surface area contributed by atoms with Crippen molar-refractivity contribution in [2.24, 2.45) is 0 Å². The molecule has 0 unspecified atom stereocenters. The van der Waals surface area contributed by atoms with Crippen LogP contribution in [0.3, 0.4) is 0 Å². The molecule has 0 atom stereocenters. The van der Waals surface area contributed by atoms with Crippen LogP contribution in [0.25, 0.3) is 0 Å². The average Bonchev–Trinajstić information content (AvgIpc) is 2.04. The summed E-state index contributed by atoms with van der Waals surface area (Å²) in [6, 6.07) is 6.04. The van der Waals surface area contributed by atoms with Gasteiger partial charge in [-0.1, -0.05) is 26.8 Å². The SMILES string of the molecule is CC(C)(C)c1ccc(CC#N)nc1. The number of hydrogen-bond donors (Lipinski definition) is 0. The lowest BCUT2D eigenvalue weighted by molar-refractivity contribution is 0.587. The van der Waals surface area contributed by atoms with Gasteiger partial charge in [0.05, 0.1) is 18.2 Å². The van der Waals surface area contributed by atoms with E-state index in [0.717, 1.165) is 5.69 Å². The van der Waals surface area contributed by atoms with E-state index in [2.05, 4.69) is 31.8 Å². The summed E-state index contributed by atoms with van der Waals surface area (Å²) in [7, 11) is 0. The molecule has 0 aliphatic heterocycles. The first-order chi connectivity index (χ1) is 6.04. The van der Waals surface area contributed by atoms with Gasteiger partial charge in [0.2, 0.25) is 0 Å². The molecule has 2 heteroatoms. The van der Waals surface area contributed by atoms with Crippen LogP contribution >= 0.6 is 0 Å². The molecule has 0 radical (unpaired) electrons. The van der Waals surface area contributed by atoms with E-state index >= 15 is 0 Å². The molecule has 1 heterocycles. The van der Waals surface area contributed by atoms with Gasteiger partial charge < -0.3 is 0 Å². The molecule has 0 N–H and O–H groups in total. The highest BCUT2D eigenvalue weighted by molar-refractivity contribution is 5.22. The van der Waals surface area contributed by atoms with Gasteiger partial charge in [-0.2, -0.15) is 5.26 Å². The molecule has 68 valence electrons. The number of nitrogens with zero attached hydrogens (tertiary/aromatic N) is 2. The third-order valence-corrected chi connectivity index (χ3v) is 1.95. The fraction of sp³-hybridized carbons (Fsp3) is 0.455. The van der Waals surface area contributed by atoms with Crippen molar-refractivity contribution in [2.45, 2.75) is 32.6 Å². The summed E-state index contributed by atoms with van der Waals surface area (Å²) in [6.07, 6.45) is 2.25. The monoisotopic (exact) mass is 174 g/mol. The molecule has 0 aromatic carbocycles. The van der Waals surface area contributed by atoms with Gasteiger partial charge >= 0.3 is 0 Å². The lowest BCUT2D eigenvalue weighted by atomic mass is 9.88. The quantitative estimate of drug-likeness (QED) is 0.655. The van der Waals surface area contributed by atoms with Crippen LogP contribution in [0.15, 0.2) is 18.3 Å². The molecule has 1 aromatic rings. The van der Waals surface area contributed by atoms with E-state index in [-0.39, 0.29) is 5.41 Å². The Bertz CT molecular complexity index is 311. The van der Waals surface area contributed by atoms with Gasteiger partial charge in [-0.3, -0.25) is 4.98 Å². The average molecular weight is 174 g/mol. The van der Waals surface area contributed by atoms with Gasteiger partial charge in [-0.15, -0.1) is 0 Å². The molecule has 0 bridgehead atoms. The Hall–Kier alpha value is -1.36. The highest BCUT2D eigenvalue weighted by Gasteiger charge is 2.13. The summed E-state index contributed by atoms with van der Waals surface area (Å²) in [5.41, 5.74) is 2.18. The minimum Gasteiger partial charge on any atom is -0.260 e. The van der Waals surface area contributed by atoms with E-state index in [4.69, 9.17) is 5.26 Å². The van der Waals surface area contributed by atoms with Gasteiger partial charge in [-0.05, 0) is 17.0 Å². The Balaban J connectivity index is 2.89. The molecule has 2 nitrogen and oxygen atoms in total. The van der Waals surface area contributed by atoms with Crippen LogP contribution in [0.1, 0.15) is 32.0 Å². The molecule has 0 spiro atoms. The van der Waals surface area contributed by atoms with Crippen LogP contribution in [-0.2, 0) is 11.8 Å². The van der Waals surface area contributed by atoms with Crippen LogP contribution in [-0.4, -0.2) is 4.98 Å². The zero-order valence-corrected chi connectivity index (χ0v) is 8.33. The van der Waals surface area contributed by atoms with Gasteiger partial charge in [0.1, 0.15) is 0 Å². The molecule has 0 saturated heterocycles. The predicted molar refractivity (Wildman–Crippen MR) is 52.3 cm³/mol. The predicted octanol–water partition coefficient (Wildman–Crippen LogP) is 2.45. The topological polar surface area (TPSA) is 36.7 Å². The summed E-state index contributed by atoms with van der Waals surface area (Å²) < 4.78 is 0. The van der Waals surface area contributed by atoms with E-state index in [1.165, 1.54) is 5.56 Å². The summed E-state index contributed by atoms with van der Waals surface area (Å²) in [5.74, 6) is 0. The fourth-order valence-corrected chi connectivity index (χ4v) is 1.05. The Morgan fingerprint density at radius 2 is 2.08 bits per heavy atom. The Morgan fingerprint density at radius 1 is 1.38 bits per heavy atom. The summed E-state index contributed by atoms with van der Waals surface area (Å²) in [5, 5.41) is 8.46. The summed E-state index contributed by atoms with van der Waals surface area (Å²) in [6.45, 7) is 6.44. The fourth-order valence-electron chi connectivity index (χ4n) is 1.05. The summed E-state index contributed by atoms with van der Waals surface area (Å²) in [4.78, 5) is 4.21. The molecule has 13 heavy (non-hydrogen) atoms. The van der Waals surface area contributed by atoms with E-state index < -0.39 is 0 Å². The third kappa shape index (κ3) is 2.55. The first-order valence-corrected chi connectivity index (χ1v) is 4.36. The zero-order chi connectivity index (χ0) is 9.90. The van der Waals surface area contributed by atoms with Crippen LogP contribution in [0.5, 0.6) is 0 Å². The van der Waals surface area contributed by atoms with Crippen molar-refractivity contribution in [1.82, 2.24) is 4.98 Å². The molecule has 1 rings (SSSR count). The standard InChI is InChI=1S/C11H14N2/c1-11(2,3)9-4-5-10(6-7-12)13-8-9/h4-5,8H,6H2,1-3H3. The van der Waals surface area contributed by atoms with Gasteiger partial charge in [0, 0.05) is 6.20 Å². The maximum absolute atomic E-state index is 8.46.